The Balaban J connectivity index is 3.46. The number of unbranched alkanes of at least 4 members (excludes halogenated alkanes) is 1. The molecule has 0 radical (unpaired) electrons. The summed E-state index contributed by atoms with van der Waals surface area (Å²) in [7, 11) is 0. The van der Waals surface area contributed by atoms with E-state index in [0.717, 1.165) is 12.8 Å². The van der Waals surface area contributed by atoms with Crippen molar-refractivity contribution in [1.82, 2.24) is 0 Å². The van der Waals surface area contributed by atoms with Crippen LogP contribution >= 0.6 is 17.7 Å². The van der Waals surface area contributed by atoms with Gasteiger partial charge >= 0.3 is 0 Å². The van der Waals surface area contributed by atoms with E-state index in [0.29, 0.717) is 12.3 Å². The van der Waals surface area contributed by atoms with E-state index < -0.39 is 6.49 Å². The molecule has 0 saturated heterocycles. The summed E-state index contributed by atoms with van der Waals surface area (Å²) >= 11 is 5.65. The van der Waals surface area contributed by atoms with E-state index >= 15 is 0 Å². The predicted octanol–water partition coefficient (Wildman–Crippen LogP) is 3.32. The predicted molar refractivity (Wildman–Crippen MR) is 43.8 cm³/mol. The largest absolute Gasteiger partial charge is 0.307 e. The lowest BCUT2D eigenvalue weighted by atomic mass is 10.4. The Morgan fingerprint density at radius 1 is 1.44 bits per heavy atom. The first-order valence-corrected chi connectivity index (χ1v) is 6.38. The van der Waals surface area contributed by atoms with Gasteiger partial charge < -0.3 is 4.57 Å². The van der Waals surface area contributed by atoms with Crippen LogP contribution < -0.4 is 0 Å². The minimum Gasteiger partial charge on any atom is -0.307 e. The van der Waals surface area contributed by atoms with Crippen molar-refractivity contribution >= 4 is 17.7 Å². The zero-order chi connectivity index (χ0) is 7.33. The Labute approximate surface area is 61.9 Å². The van der Waals surface area contributed by atoms with Crippen molar-refractivity contribution in [2.45, 2.75) is 26.7 Å². The van der Waals surface area contributed by atoms with Crippen molar-refractivity contribution in [3.05, 3.63) is 0 Å². The van der Waals surface area contributed by atoms with E-state index in [9.17, 15) is 4.57 Å². The van der Waals surface area contributed by atoms with Gasteiger partial charge in [-0.15, -0.1) is 0 Å². The second kappa shape index (κ2) is 4.35. The Morgan fingerprint density at radius 2 is 2.00 bits per heavy atom. The zero-order valence-electron chi connectivity index (χ0n) is 6.06. The molecule has 56 valence electrons. The molecule has 0 spiro atoms. The second-order valence-electron chi connectivity index (χ2n) is 2.18. The van der Waals surface area contributed by atoms with Gasteiger partial charge in [-0.1, -0.05) is 31.5 Å². The van der Waals surface area contributed by atoms with E-state index in [1.807, 2.05) is 6.92 Å². The third kappa shape index (κ3) is 4.99. The molecule has 0 aromatic rings. The molecule has 0 aliphatic rings. The number of rotatable bonds is 4. The molecule has 1 nitrogen and oxygen atoms in total. The second-order valence-corrected chi connectivity index (χ2v) is 6.69. The molecular weight excluding hydrogens is 154 g/mol. The molecule has 0 aliphatic heterocycles. The van der Waals surface area contributed by atoms with Crippen LogP contribution in [0.1, 0.15) is 26.7 Å². The van der Waals surface area contributed by atoms with Gasteiger partial charge in [0.2, 0.25) is 0 Å². The normalized spacial score (nSPS) is 17.2. The van der Waals surface area contributed by atoms with Gasteiger partial charge in [-0.3, -0.25) is 0 Å². The first-order valence-electron chi connectivity index (χ1n) is 3.40. The molecule has 0 N–H and O–H groups in total. The van der Waals surface area contributed by atoms with Crippen molar-refractivity contribution in [3.8, 4) is 0 Å². The summed E-state index contributed by atoms with van der Waals surface area (Å²) in [6.07, 6.45) is 3.42. The number of halogens is 1. The summed E-state index contributed by atoms with van der Waals surface area (Å²) in [4.78, 5) is 0. The van der Waals surface area contributed by atoms with Crippen LogP contribution in [-0.2, 0) is 4.57 Å². The average Bonchev–Trinajstić information content (AvgIpc) is 1.84. The van der Waals surface area contributed by atoms with Gasteiger partial charge in [0, 0.05) is 12.3 Å². The van der Waals surface area contributed by atoms with Gasteiger partial charge in [-0.25, -0.2) is 0 Å². The van der Waals surface area contributed by atoms with Gasteiger partial charge in [0.1, 0.15) is 0 Å². The van der Waals surface area contributed by atoms with Crippen molar-refractivity contribution < 1.29 is 4.57 Å². The molecule has 0 saturated carbocycles. The first kappa shape index (κ1) is 9.52. The van der Waals surface area contributed by atoms with Crippen LogP contribution in [0.5, 0.6) is 0 Å². The standard InChI is InChI=1S/C6H14ClOP/c1-3-5-6-9(7,8)4-2/h3-6H2,1-2H3. The Morgan fingerprint density at radius 3 is 2.33 bits per heavy atom. The third-order valence-corrected chi connectivity index (χ3v) is 4.47. The average molecular weight is 169 g/mol. The van der Waals surface area contributed by atoms with Crippen molar-refractivity contribution in [2.24, 2.45) is 0 Å². The highest BCUT2D eigenvalue weighted by Crippen LogP contribution is 2.51. The number of hydrogen-bond donors (Lipinski definition) is 0. The molecule has 0 rings (SSSR count). The highest BCUT2D eigenvalue weighted by atomic mass is 35.7. The molecule has 1 atom stereocenters. The fourth-order valence-electron chi connectivity index (χ4n) is 0.552. The molecule has 0 bridgehead atoms. The summed E-state index contributed by atoms with van der Waals surface area (Å²) in [5.41, 5.74) is 0. The molecule has 0 aromatic heterocycles. The molecule has 9 heavy (non-hydrogen) atoms. The molecular formula is C6H14ClOP. The van der Waals surface area contributed by atoms with Gasteiger partial charge in [0.15, 0.2) is 6.49 Å². The fourth-order valence-corrected chi connectivity index (χ4v) is 2.02. The summed E-state index contributed by atoms with van der Waals surface area (Å²) in [5, 5.41) is 0. The maximum absolute atomic E-state index is 11.1. The van der Waals surface area contributed by atoms with Gasteiger partial charge in [-0.2, -0.15) is 0 Å². The Kier molecular flexibility index (Phi) is 4.61. The summed E-state index contributed by atoms with van der Waals surface area (Å²) in [6.45, 7) is 1.74. The number of hydrogen-bond acceptors (Lipinski definition) is 1. The summed E-state index contributed by atoms with van der Waals surface area (Å²) in [6, 6.07) is 0. The Bertz CT molecular complexity index is 114. The smallest absolute Gasteiger partial charge is 0.169 e. The van der Waals surface area contributed by atoms with Crippen molar-refractivity contribution in [3.63, 3.8) is 0 Å². The highest BCUT2D eigenvalue weighted by Gasteiger charge is 2.12. The van der Waals surface area contributed by atoms with Crippen LogP contribution in [-0.4, -0.2) is 12.3 Å². The van der Waals surface area contributed by atoms with E-state index in [4.69, 9.17) is 11.2 Å². The van der Waals surface area contributed by atoms with E-state index in [1.54, 1.807) is 0 Å². The SMILES string of the molecule is CCCCP(=O)(Cl)CC. The molecule has 0 aliphatic carbocycles. The first-order chi connectivity index (χ1) is 4.12. The topological polar surface area (TPSA) is 17.1 Å². The minimum atomic E-state index is -2.22. The Hall–Kier alpha value is 0.520. The fraction of sp³-hybridized carbons (Fsp3) is 1.00. The van der Waals surface area contributed by atoms with Crippen LogP contribution in [0.25, 0.3) is 0 Å². The lowest BCUT2D eigenvalue weighted by Crippen LogP contribution is -1.84. The van der Waals surface area contributed by atoms with Gasteiger partial charge in [0.25, 0.3) is 0 Å². The highest BCUT2D eigenvalue weighted by molar-refractivity contribution is 7.89. The molecule has 3 heteroatoms. The van der Waals surface area contributed by atoms with Gasteiger partial charge in [-0.05, 0) is 6.42 Å². The third-order valence-electron chi connectivity index (χ3n) is 1.32. The molecule has 0 amide bonds. The van der Waals surface area contributed by atoms with Crippen LogP contribution in [0.3, 0.4) is 0 Å². The maximum Gasteiger partial charge on any atom is 0.169 e. The lowest BCUT2D eigenvalue weighted by Gasteiger charge is -2.04. The monoisotopic (exact) mass is 168 g/mol. The van der Waals surface area contributed by atoms with Crippen LogP contribution in [0.15, 0.2) is 0 Å². The van der Waals surface area contributed by atoms with Gasteiger partial charge in [0.05, 0.1) is 0 Å². The van der Waals surface area contributed by atoms with E-state index in [-0.39, 0.29) is 0 Å². The molecule has 1 unspecified atom stereocenters. The minimum absolute atomic E-state index is 0.633. The van der Waals surface area contributed by atoms with Crippen LogP contribution in [0.2, 0.25) is 0 Å². The summed E-state index contributed by atoms with van der Waals surface area (Å²) in [5.74, 6) is 0. The van der Waals surface area contributed by atoms with Crippen LogP contribution in [0.4, 0.5) is 0 Å². The molecule has 0 heterocycles. The summed E-state index contributed by atoms with van der Waals surface area (Å²) < 4.78 is 11.1. The van der Waals surface area contributed by atoms with E-state index in [2.05, 4.69) is 6.92 Å². The quantitative estimate of drug-likeness (QED) is 0.589. The van der Waals surface area contributed by atoms with Crippen LogP contribution in [0, 0.1) is 0 Å². The molecule has 0 aromatic carbocycles. The van der Waals surface area contributed by atoms with Crippen molar-refractivity contribution in [2.75, 3.05) is 12.3 Å². The molecule has 0 fully saturated rings. The lowest BCUT2D eigenvalue weighted by molar-refractivity contribution is 0.583. The van der Waals surface area contributed by atoms with Crippen molar-refractivity contribution in [1.29, 1.82) is 0 Å². The van der Waals surface area contributed by atoms with E-state index in [1.165, 1.54) is 0 Å². The maximum atomic E-state index is 11.1. The zero-order valence-corrected chi connectivity index (χ0v) is 7.71.